The molecule has 1 amide bonds. The monoisotopic (exact) mass is 395 g/mol. The van der Waals surface area contributed by atoms with Crippen LogP contribution in [0.3, 0.4) is 0 Å². The number of carbonyl (C=O) groups excluding carboxylic acids is 2. The normalized spacial score (nSPS) is 15.0. The maximum Gasteiger partial charge on any atom is 0.492 e. The molecule has 0 fully saturated rings. The van der Waals surface area contributed by atoms with Crippen molar-refractivity contribution in [1.82, 2.24) is 5.32 Å². The molecule has 0 radical (unpaired) electrons. The van der Waals surface area contributed by atoms with Gasteiger partial charge in [0.1, 0.15) is 12.1 Å². The first kappa shape index (κ1) is 21.1. The van der Waals surface area contributed by atoms with E-state index in [4.69, 9.17) is 9.39 Å². The summed E-state index contributed by atoms with van der Waals surface area (Å²) >= 11 is 0. The van der Waals surface area contributed by atoms with Crippen LogP contribution in [0.2, 0.25) is 0 Å². The van der Waals surface area contributed by atoms with Crippen molar-refractivity contribution in [2.75, 3.05) is 0 Å². The molecule has 0 saturated carbocycles. The van der Waals surface area contributed by atoms with Crippen LogP contribution in [0, 0.1) is 12.8 Å². The summed E-state index contributed by atoms with van der Waals surface area (Å²) in [5.74, 6) is -1.02. The third kappa shape index (κ3) is 4.52. The molecular weight excluding hydrogens is 369 g/mol. The molecule has 6 nitrogen and oxygen atoms in total. The third-order valence-corrected chi connectivity index (χ3v) is 5.26. The van der Waals surface area contributed by atoms with E-state index in [1.165, 1.54) is 0 Å². The van der Waals surface area contributed by atoms with Crippen LogP contribution < -0.4 is 10.8 Å². The zero-order valence-electron chi connectivity index (χ0n) is 17.1. The van der Waals surface area contributed by atoms with Gasteiger partial charge in [-0.05, 0) is 48.0 Å². The number of ether oxygens (including phenoxy) is 1. The van der Waals surface area contributed by atoms with Crippen LogP contribution in [-0.2, 0) is 20.8 Å². The van der Waals surface area contributed by atoms with Gasteiger partial charge in [0.25, 0.3) is 5.91 Å². The first-order valence-electron chi connectivity index (χ1n) is 9.78. The van der Waals surface area contributed by atoms with Crippen molar-refractivity contribution in [2.45, 2.75) is 46.4 Å². The molecule has 7 heteroatoms. The lowest BCUT2D eigenvalue weighted by Gasteiger charge is -2.24. The minimum Gasteiger partial charge on any atom is -0.456 e. The molecule has 1 aliphatic heterocycles. The Labute approximate surface area is 171 Å². The largest absolute Gasteiger partial charge is 0.492 e. The zero-order chi connectivity index (χ0) is 21.1. The minimum atomic E-state index is -1.03. The number of esters is 1. The molecule has 29 heavy (non-hydrogen) atoms. The summed E-state index contributed by atoms with van der Waals surface area (Å²) in [6.45, 7) is 7.60. The second-order valence-electron chi connectivity index (χ2n) is 7.66. The molecule has 2 aromatic carbocycles. The first-order chi connectivity index (χ1) is 13.8. The fourth-order valence-electron chi connectivity index (χ4n) is 3.51. The molecule has 3 rings (SSSR count). The summed E-state index contributed by atoms with van der Waals surface area (Å²) < 4.78 is 10.8. The molecule has 0 aliphatic carbocycles. The SMILES string of the molecule is Cc1c(C(=O)NC(C(=O)O[C@H](C)c2ccccc2)C(C)C)ccc2c1B(O)OC2. The van der Waals surface area contributed by atoms with Gasteiger partial charge in [-0.3, -0.25) is 4.79 Å². The highest BCUT2D eigenvalue weighted by molar-refractivity contribution is 6.62. The van der Waals surface area contributed by atoms with Crippen LogP contribution in [0.5, 0.6) is 0 Å². The molecule has 0 spiro atoms. The standard InChI is InChI=1S/C22H26BNO5/c1-13(2)20(22(26)29-15(4)16-8-6-5-7-9-16)24-21(25)18-11-10-17-12-28-23(27)19(17)14(18)3/h5-11,13,15,20,27H,12H2,1-4H3,(H,24,25)/t15-,20?/m1/s1. The van der Waals surface area contributed by atoms with E-state index in [0.29, 0.717) is 23.2 Å². The molecule has 2 atom stereocenters. The predicted octanol–water partition coefficient (Wildman–Crippen LogP) is 2.27. The van der Waals surface area contributed by atoms with Crippen LogP contribution in [0.1, 0.15) is 53.9 Å². The van der Waals surface area contributed by atoms with E-state index in [9.17, 15) is 14.6 Å². The quantitative estimate of drug-likeness (QED) is 0.579. The average Bonchev–Trinajstić information content (AvgIpc) is 3.08. The van der Waals surface area contributed by atoms with E-state index in [1.54, 1.807) is 26.0 Å². The van der Waals surface area contributed by atoms with Crippen LogP contribution in [0.25, 0.3) is 0 Å². The Balaban J connectivity index is 1.75. The smallest absolute Gasteiger partial charge is 0.456 e. The van der Waals surface area contributed by atoms with Gasteiger partial charge in [0.2, 0.25) is 0 Å². The average molecular weight is 395 g/mol. The zero-order valence-corrected chi connectivity index (χ0v) is 17.1. The lowest BCUT2D eigenvalue weighted by atomic mass is 9.75. The fourth-order valence-corrected chi connectivity index (χ4v) is 3.51. The highest BCUT2D eigenvalue weighted by atomic mass is 16.5. The number of hydrogen-bond donors (Lipinski definition) is 2. The Morgan fingerprint density at radius 3 is 2.48 bits per heavy atom. The molecule has 1 unspecified atom stereocenters. The van der Waals surface area contributed by atoms with Crippen LogP contribution in [0.4, 0.5) is 0 Å². The molecule has 1 heterocycles. The molecule has 1 aliphatic rings. The minimum absolute atomic E-state index is 0.155. The van der Waals surface area contributed by atoms with Crippen molar-refractivity contribution in [3.8, 4) is 0 Å². The number of hydrogen-bond acceptors (Lipinski definition) is 5. The van der Waals surface area contributed by atoms with Gasteiger partial charge in [0.15, 0.2) is 0 Å². The van der Waals surface area contributed by atoms with Gasteiger partial charge in [-0.15, -0.1) is 0 Å². The van der Waals surface area contributed by atoms with Gasteiger partial charge < -0.3 is 19.7 Å². The van der Waals surface area contributed by atoms with Crippen molar-refractivity contribution < 1.29 is 24.0 Å². The van der Waals surface area contributed by atoms with Gasteiger partial charge in [0, 0.05) is 5.56 Å². The van der Waals surface area contributed by atoms with Crippen molar-refractivity contribution >= 4 is 24.5 Å². The molecule has 2 N–H and O–H groups in total. The van der Waals surface area contributed by atoms with Crippen molar-refractivity contribution in [3.05, 3.63) is 64.7 Å². The third-order valence-electron chi connectivity index (χ3n) is 5.26. The van der Waals surface area contributed by atoms with E-state index < -0.39 is 25.2 Å². The molecule has 152 valence electrons. The van der Waals surface area contributed by atoms with Crippen molar-refractivity contribution in [1.29, 1.82) is 0 Å². The Morgan fingerprint density at radius 1 is 1.14 bits per heavy atom. The van der Waals surface area contributed by atoms with E-state index >= 15 is 0 Å². The van der Waals surface area contributed by atoms with E-state index in [2.05, 4.69) is 5.32 Å². The van der Waals surface area contributed by atoms with Gasteiger partial charge in [-0.2, -0.15) is 0 Å². The first-order valence-corrected chi connectivity index (χ1v) is 9.78. The summed E-state index contributed by atoms with van der Waals surface area (Å²) in [6.07, 6.45) is -0.420. The predicted molar refractivity (Wildman–Crippen MR) is 111 cm³/mol. The van der Waals surface area contributed by atoms with Gasteiger partial charge in [0.05, 0.1) is 6.61 Å². The van der Waals surface area contributed by atoms with E-state index in [1.807, 2.05) is 44.2 Å². The summed E-state index contributed by atoms with van der Waals surface area (Å²) in [4.78, 5) is 25.7. The van der Waals surface area contributed by atoms with E-state index in [-0.39, 0.29) is 11.8 Å². The summed E-state index contributed by atoms with van der Waals surface area (Å²) in [6, 6.07) is 12.1. The fraction of sp³-hybridized carbons (Fsp3) is 0.364. The lowest BCUT2D eigenvalue weighted by Crippen LogP contribution is -2.46. The highest BCUT2D eigenvalue weighted by Gasteiger charge is 2.33. The van der Waals surface area contributed by atoms with Gasteiger partial charge in [-0.1, -0.05) is 50.2 Å². The number of nitrogens with one attached hydrogen (secondary N) is 1. The molecular formula is C22H26BNO5. The second-order valence-corrected chi connectivity index (χ2v) is 7.66. The maximum absolute atomic E-state index is 12.9. The molecule has 0 aromatic heterocycles. The lowest BCUT2D eigenvalue weighted by molar-refractivity contribution is -0.152. The number of carbonyl (C=O) groups is 2. The Morgan fingerprint density at radius 2 is 1.83 bits per heavy atom. The van der Waals surface area contributed by atoms with Crippen molar-refractivity contribution in [3.63, 3.8) is 0 Å². The maximum atomic E-state index is 12.9. The number of benzene rings is 2. The topological polar surface area (TPSA) is 84.9 Å². The van der Waals surface area contributed by atoms with Gasteiger partial charge in [-0.25, -0.2) is 4.79 Å². The molecule has 0 saturated heterocycles. The number of rotatable bonds is 6. The Kier molecular flexibility index (Phi) is 6.40. The summed E-state index contributed by atoms with van der Waals surface area (Å²) in [5, 5.41) is 12.8. The van der Waals surface area contributed by atoms with Crippen LogP contribution >= 0.6 is 0 Å². The second kappa shape index (κ2) is 8.80. The van der Waals surface area contributed by atoms with Crippen LogP contribution in [-0.4, -0.2) is 30.1 Å². The van der Waals surface area contributed by atoms with Crippen molar-refractivity contribution in [2.24, 2.45) is 5.92 Å². The summed E-state index contributed by atoms with van der Waals surface area (Å²) in [7, 11) is -1.03. The van der Waals surface area contributed by atoms with Crippen LogP contribution in [0.15, 0.2) is 42.5 Å². The Bertz CT molecular complexity index is 900. The van der Waals surface area contributed by atoms with E-state index in [0.717, 1.165) is 11.1 Å². The molecule has 2 aromatic rings. The molecule has 0 bridgehead atoms. The highest BCUT2D eigenvalue weighted by Crippen LogP contribution is 2.20. The number of amides is 1. The Hall–Kier alpha value is -2.64. The number of fused-ring (bicyclic) bond motifs is 1. The van der Waals surface area contributed by atoms with Gasteiger partial charge >= 0.3 is 13.1 Å². The summed E-state index contributed by atoms with van der Waals surface area (Å²) in [5.41, 5.74) is 3.43.